The van der Waals surface area contributed by atoms with Gasteiger partial charge in [0.05, 0.1) is 33.8 Å². The van der Waals surface area contributed by atoms with Crippen LogP contribution in [0.5, 0.6) is 28.7 Å². The van der Waals surface area contributed by atoms with Crippen LogP contribution in [0.2, 0.25) is 0 Å². The first-order valence-electron chi connectivity index (χ1n) is 10.2. The van der Waals surface area contributed by atoms with Crippen molar-refractivity contribution < 1.29 is 32.9 Å². The van der Waals surface area contributed by atoms with Gasteiger partial charge >= 0.3 is 11.6 Å². The number of benzene rings is 3. The van der Waals surface area contributed by atoms with Crippen molar-refractivity contribution in [3.8, 4) is 28.7 Å². The normalized spacial score (nSPS) is 11.1. The summed E-state index contributed by atoms with van der Waals surface area (Å²) in [4.78, 5) is 25.0. The van der Waals surface area contributed by atoms with Crippen molar-refractivity contribution in [2.24, 2.45) is 0 Å². The number of esters is 1. The third-order valence-corrected chi connectivity index (χ3v) is 5.22. The lowest BCUT2D eigenvalue weighted by atomic mass is 10.0. The summed E-state index contributed by atoms with van der Waals surface area (Å²) in [7, 11) is 6.01. The molecule has 8 heteroatoms. The van der Waals surface area contributed by atoms with Gasteiger partial charge in [-0.2, -0.15) is 0 Å². The highest BCUT2D eigenvalue weighted by Gasteiger charge is 2.21. The van der Waals surface area contributed by atoms with E-state index in [9.17, 15) is 9.59 Å². The van der Waals surface area contributed by atoms with E-state index >= 15 is 0 Å². The van der Waals surface area contributed by atoms with Gasteiger partial charge < -0.3 is 28.1 Å². The molecule has 3 aromatic carbocycles. The van der Waals surface area contributed by atoms with Gasteiger partial charge in [0, 0.05) is 22.9 Å². The van der Waals surface area contributed by atoms with Gasteiger partial charge in [-0.3, -0.25) is 0 Å². The van der Waals surface area contributed by atoms with Crippen LogP contribution in [0.4, 0.5) is 0 Å². The Labute approximate surface area is 194 Å². The molecule has 8 nitrogen and oxygen atoms in total. The van der Waals surface area contributed by atoms with Crippen LogP contribution in [0, 0.1) is 0 Å². The molecule has 0 fully saturated rings. The second-order valence-corrected chi connectivity index (χ2v) is 7.14. The average Bonchev–Trinajstić information content (AvgIpc) is 2.86. The predicted molar refractivity (Wildman–Crippen MR) is 127 cm³/mol. The average molecular weight is 462 g/mol. The lowest BCUT2D eigenvalue weighted by molar-refractivity contribution is -0.128. The number of fused-ring (bicyclic) bond motifs is 3. The third-order valence-electron chi connectivity index (χ3n) is 5.22. The van der Waals surface area contributed by atoms with Crippen LogP contribution in [0.15, 0.2) is 63.8 Å². The first kappa shape index (κ1) is 22.7. The second-order valence-electron chi connectivity index (χ2n) is 7.14. The van der Waals surface area contributed by atoms with E-state index in [2.05, 4.69) is 0 Å². The van der Waals surface area contributed by atoms with E-state index in [1.165, 1.54) is 33.5 Å². The highest BCUT2D eigenvalue weighted by atomic mass is 16.5. The minimum atomic E-state index is -0.593. The summed E-state index contributed by atoms with van der Waals surface area (Å²) in [5.74, 6) is 1.39. The maximum Gasteiger partial charge on any atom is 0.344 e. The van der Waals surface area contributed by atoms with E-state index in [4.69, 9.17) is 28.1 Å². The number of carbonyl (C=O) groups excluding carboxylic acids is 1. The van der Waals surface area contributed by atoms with Crippen molar-refractivity contribution in [1.82, 2.24) is 0 Å². The molecule has 0 aliphatic heterocycles. The van der Waals surface area contributed by atoms with Crippen molar-refractivity contribution in [2.45, 2.75) is 0 Å². The molecule has 174 valence electrons. The van der Waals surface area contributed by atoms with Gasteiger partial charge in [0.25, 0.3) is 0 Å². The van der Waals surface area contributed by atoms with E-state index < -0.39 is 11.6 Å². The number of ether oxygens (including phenoxy) is 5. The Morgan fingerprint density at radius 2 is 1.50 bits per heavy atom. The van der Waals surface area contributed by atoms with E-state index in [-0.39, 0.29) is 16.7 Å². The Morgan fingerprint density at radius 3 is 2.15 bits per heavy atom. The van der Waals surface area contributed by atoms with Crippen molar-refractivity contribution in [1.29, 1.82) is 0 Å². The van der Waals surface area contributed by atoms with E-state index in [0.29, 0.717) is 28.0 Å². The number of rotatable bonds is 7. The molecule has 0 aliphatic carbocycles. The van der Waals surface area contributed by atoms with Crippen molar-refractivity contribution >= 4 is 33.8 Å². The number of methoxy groups -OCH3 is 4. The van der Waals surface area contributed by atoms with Gasteiger partial charge in [0.15, 0.2) is 11.5 Å². The van der Waals surface area contributed by atoms with E-state index in [0.717, 1.165) is 11.3 Å². The smallest absolute Gasteiger partial charge is 0.344 e. The summed E-state index contributed by atoms with van der Waals surface area (Å²) in [5, 5.41) is 1.36. The Bertz CT molecular complexity index is 1450. The minimum Gasteiger partial charge on any atom is -0.497 e. The topological polar surface area (TPSA) is 93.4 Å². The fourth-order valence-electron chi connectivity index (χ4n) is 3.63. The Hall–Kier alpha value is -4.46. The molecule has 0 saturated carbocycles. The zero-order valence-electron chi connectivity index (χ0n) is 19.0. The fourth-order valence-corrected chi connectivity index (χ4v) is 3.63. The van der Waals surface area contributed by atoms with E-state index in [1.54, 1.807) is 43.5 Å². The Balaban J connectivity index is 1.69. The van der Waals surface area contributed by atoms with Crippen LogP contribution < -0.4 is 29.3 Å². The van der Waals surface area contributed by atoms with Gasteiger partial charge in [0.2, 0.25) is 5.75 Å². The monoisotopic (exact) mass is 462 g/mol. The molecule has 1 aromatic heterocycles. The molecule has 0 spiro atoms. The van der Waals surface area contributed by atoms with E-state index in [1.807, 2.05) is 12.1 Å². The SMILES string of the molecule is COc1ccc(/C=C/C(=O)Oc2ccc3c(c2)oc(=O)c2cc(OC)c(OC)c(OC)c23)cc1. The van der Waals surface area contributed by atoms with Crippen LogP contribution >= 0.6 is 0 Å². The van der Waals surface area contributed by atoms with Crippen LogP contribution in [0.3, 0.4) is 0 Å². The molecule has 0 saturated heterocycles. The van der Waals surface area contributed by atoms with Gasteiger partial charge in [-0.05, 0) is 42.0 Å². The fraction of sp³-hybridized carbons (Fsp3) is 0.154. The summed E-state index contributed by atoms with van der Waals surface area (Å²) in [6.07, 6.45) is 2.93. The number of carbonyl (C=O) groups is 1. The zero-order valence-corrected chi connectivity index (χ0v) is 19.0. The summed E-state index contributed by atoms with van der Waals surface area (Å²) in [5.41, 5.74) is 0.447. The first-order valence-corrected chi connectivity index (χ1v) is 10.2. The van der Waals surface area contributed by atoms with Crippen LogP contribution in [0.25, 0.3) is 27.8 Å². The lowest BCUT2D eigenvalue weighted by Crippen LogP contribution is -2.05. The molecule has 0 atom stereocenters. The predicted octanol–water partition coefficient (Wildman–Crippen LogP) is 4.60. The van der Waals surface area contributed by atoms with Crippen LogP contribution in [0.1, 0.15) is 5.56 Å². The maximum atomic E-state index is 12.7. The summed E-state index contributed by atoms with van der Waals surface area (Å²) in [6.45, 7) is 0. The molecule has 0 N–H and O–H groups in total. The van der Waals surface area contributed by atoms with Gasteiger partial charge in [-0.25, -0.2) is 9.59 Å². The molecule has 0 amide bonds. The van der Waals surface area contributed by atoms with Crippen molar-refractivity contribution in [3.05, 3.63) is 70.6 Å². The van der Waals surface area contributed by atoms with Gasteiger partial charge in [-0.1, -0.05) is 12.1 Å². The molecular weight excluding hydrogens is 440 g/mol. The summed E-state index contributed by atoms with van der Waals surface area (Å²) in [6, 6.07) is 13.5. The van der Waals surface area contributed by atoms with Gasteiger partial charge in [0.1, 0.15) is 17.1 Å². The first-order chi connectivity index (χ1) is 16.5. The molecule has 4 aromatic rings. The second kappa shape index (κ2) is 9.58. The number of hydrogen-bond donors (Lipinski definition) is 0. The summed E-state index contributed by atoms with van der Waals surface area (Å²) < 4.78 is 32.3. The maximum absolute atomic E-state index is 12.7. The highest BCUT2D eigenvalue weighted by Crippen LogP contribution is 2.45. The van der Waals surface area contributed by atoms with Gasteiger partial charge in [-0.15, -0.1) is 0 Å². The molecule has 4 rings (SSSR count). The van der Waals surface area contributed by atoms with Crippen LogP contribution in [-0.4, -0.2) is 34.4 Å². The molecule has 0 aliphatic rings. The Morgan fingerprint density at radius 1 is 0.794 bits per heavy atom. The molecule has 0 unspecified atom stereocenters. The van der Waals surface area contributed by atoms with Crippen molar-refractivity contribution in [3.63, 3.8) is 0 Å². The molecule has 0 bridgehead atoms. The Kier molecular flexibility index (Phi) is 6.40. The van der Waals surface area contributed by atoms with Crippen molar-refractivity contribution in [2.75, 3.05) is 28.4 Å². The minimum absolute atomic E-state index is 0.221. The third kappa shape index (κ3) is 4.25. The standard InChI is InChI=1S/C26H22O8/c1-29-16-8-5-15(6-9-16)7-12-22(27)33-17-10-11-18-20(13-17)34-26(28)19-14-21(30-2)24(31-3)25(32-4)23(18)19/h5-14H,1-4H3/b12-7+. The quantitative estimate of drug-likeness (QED) is 0.129. The zero-order chi connectivity index (χ0) is 24.2. The number of hydrogen-bond acceptors (Lipinski definition) is 8. The molecule has 0 radical (unpaired) electrons. The summed E-state index contributed by atoms with van der Waals surface area (Å²) >= 11 is 0. The molecule has 34 heavy (non-hydrogen) atoms. The largest absolute Gasteiger partial charge is 0.497 e. The van der Waals surface area contributed by atoms with Crippen LogP contribution in [-0.2, 0) is 4.79 Å². The molecule has 1 heterocycles. The molecular formula is C26H22O8. The highest BCUT2D eigenvalue weighted by molar-refractivity contribution is 6.10. The lowest BCUT2D eigenvalue weighted by Gasteiger charge is -2.15.